The van der Waals surface area contributed by atoms with Crippen molar-refractivity contribution in [2.24, 2.45) is 0 Å². The molecule has 2 atom stereocenters. The van der Waals surface area contributed by atoms with Gasteiger partial charge in [0.15, 0.2) is 0 Å². The minimum absolute atomic E-state index is 0.678. The van der Waals surface area contributed by atoms with Crippen molar-refractivity contribution in [3.05, 3.63) is 12.2 Å². The maximum absolute atomic E-state index is 5.60. The molecule has 98 valence electrons. The minimum Gasteiger partial charge on any atom is -0.376 e. The van der Waals surface area contributed by atoms with Crippen LogP contribution in [-0.2, 0) is 4.74 Å². The number of hydrogen-bond acceptors (Lipinski definition) is 3. The van der Waals surface area contributed by atoms with Gasteiger partial charge in [-0.1, -0.05) is 12.2 Å². The number of fused-ring (bicyclic) bond motifs is 1. The van der Waals surface area contributed by atoms with Gasteiger partial charge in [-0.15, -0.1) is 0 Å². The van der Waals surface area contributed by atoms with Crippen LogP contribution in [0.2, 0.25) is 0 Å². The highest BCUT2D eigenvalue weighted by Crippen LogP contribution is 2.24. The predicted octanol–water partition coefficient (Wildman–Crippen LogP) is 1.75. The second kappa shape index (κ2) is 5.98. The van der Waals surface area contributed by atoms with Gasteiger partial charge < -0.3 is 4.74 Å². The normalized spacial score (nSPS) is 30.5. The molecule has 17 heavy (non-hydrogen) atoms. The lowest BCUT2D eigenvalue weighted by Crippen LogP contribution is -2.55. The fraction of sp³-hybridized carbons (Fsp3) is 0.857. The molecule has 3 nitrogen and oxygen atoms in total. The van der Waals surface area contributed by atoms with Gasteiger partial charge in [0.2, 0.25) is 0 Å². The van der Waals surface area contributed by atoms with E-state index in [-0.39, 0.29) is 0 Å². The second-order valence-corrected chi connectivity index (χ2v) is 5.64. The van der Waals surface area contributed by atoms with E-state index in [1.54, 1.807) is 0 Å². The Balaban J connectivity index is 1.71. The summed E-state index contributed by atoms with van der Waals surface area (Å²) in [5.74, 6) is 0. The van der Waals surface area contributed by atoms with Gasteiger partial charge in [0, 0.05) is 31.7 Å². The molecule has 0 radical (unpaired) electrons. The van der Waals surface area contributed by atoms with E-state index in [1.807, 2.05) is 6.92 Å². The Kier molecular flexibility index (Phi) is 4.60. The van der Waals surface area contributed by atoms with Crippen LogP contribution < -0.4 is 0 Å². The average molecular weight is 238 g/mol. The van der Waals surface area contributed by atoms with Crippen molar-refractivity contribution in [1.29, 1.82) is 0 Å². The molecule has 2 aliphatic rings. The monoisotopic (exact) mass is 238 g/mol. The summed E-state index contributed by atoms with van der Waals surface area (Å²) in [5.41, 5.74) is 1.11. The van der Waals surface area contributed by atoms with Gasteiger partial charge in [-0.2, -0.15) is 0 Å². The molecule has 2 unspecified atom stereocenters. The summed E-state index contributed by atoms with van der Waals surface area (Å²) in [6.45, 7) is 14.6. The molecule has 2 heterocycles. The van der Waals surface area contributed by atoms with Gasteiger partial charge in [0.1, 0.15) is 0 Å². The minimum atomic E-state index is 0.678. The van der Waals surface area contributed by atoms with Crippen molar-refractivity contribution in [2.45, 2.75) is 38.8 Å². The maximum Gasteiger partial charge on any atom is 0.0672 e. The molecule has 2 saturated heterocycles. The molecule has 0 aliphatic carbocycles. The summed E-state index contributed by atoms with van der Waals surface area (Å²) < 4.78 is 5.60. The van der Waals surface area contributed by atoms with Crippen LogP contribution in [0.4, 0.5) is 0 Å². The molecular weight excluding hydrogens is 212 g/mol. The van der Waals surface area contributed by atoms with E-state index < -0.39 is 0 Å². The van der Waals surface area contributed by atoms with Crippen LogP contribution >= 0.6 is 0 Å². The van der Waals surface area contributed by atoms with E-state index in [0.29, 0.717) is 12.6 Å². The quantitative estimate of drug-likeness (QED) is 0.536. The summed E-state index contributed by atoms with van der Waals surface area (Å²) in [6, 6.07) is 1.49. The Morgan fingerprint density at radius 2 is 2.24 bits per heavy atom. The van der Waals surface area contributed by atoms with Crippen LogP contribution in [0, 0.1) is 0 Å². The molecule has 0 aromatic carbocycles. The van der Waals surface area contributed by atoms with Gasteiger partial charge in [-0.3, -0.25) is 9.80 Å². The van der Waals surface area contributed by atoms with E-state index in [2.05, 4.69) is 23.3 Å². The maximum atomic E-state index is 5.60. The zero-order chi connectivity index (χ0) is 12.3. The van der Waals surface area contributed by atoms with Gasteiger partial charge in [-0.25, -0.2) is 0 Å². The number of ether oxygens (including phenoxy) is 1. The summed E-state index contributed by atoms with van der Waals surface area (Å²) in [5, 5.41) is 0. The third-order valence-electron chi connectivity index (χ3n) is 3.94. The summed E-state index contributed by atoms with van der Waals surface area (Å²) >= 11 is 0. The number of hydrogen-bond donors (Lipinski definition) is 0. The Morgan fingerprint density at radius 3 is 3.00 bits per heavy atom. The van der Waals surface area contributed by atoms with Crippen LogP contribution in [0.1, 0.15) is 26.7 Å². The lowest BCUT2D eigenvalue weighted by Gasteiger charge is -2.42. The van der Waals surface area contributed by atoms with E-state index >= 15 is 0 Å². The molecule has 2 rings (SSSR count). The van der Waals surface area contributed by atoms with Crippen LogP contribution in [-0.4, -0.2) is 61.3 Å². The number of rotatable bonds is 5. The summed E-state index contributed by atoms with van der Waals surface area (Å²) in [7, 11) is 0. The highest BCUT2D eigenvalue weighted by atomic mass is 16.5. The highest BCUT2D eigenvalue weighted by molar-refractivity contribution is 4.91. The predicted molar refractivity (Wildman–Crippen MR) is 71.3 cm³/mol. The van der Waals surface area contributed by atoms with Crippen molar-refractivity contribution in [1.82, 2.24) is 9.80 Å². The van der Waals surface area contributed by atoms with Crippen molar-refractivity contribution < 1.29 is 4.74 Å². The molecule has 0 aromatic heterocycles. The van der Waals surface area contributed by atoms with Crippen LogP contribution in [0.25, 0.3) is 0 Å². The van der Waals surface area contributed by atoms with Crippen molar-refractivity contribution in [3.63, 3.8) is 0 Å². The van der Waals surface area contributed by atoms with E-state index in [1.165, 1.54) is 32.5 Å². The van der Waals surface area contributed by atoms with Crippen LogP contribution in [0.15, 0.2) is 12.2 Å². The van der Waals surface area contributed by atoms with Gasteiger partial charge in [0.25, 0.3) is 0 Å². The number of nitrogens with zero attached hydrogens (tertiary/aromatic N) is 2. The fourth-order valence-electron chi connectivity index (χ4n) is 2.99. The lowest BCUT2D eigenvalue weighted by atomic mass is 10.1. The molecule has 0 saturated carbocycles. The smallest absolute Gasteiger partial charge is 0.0672 e. The van der Waals surface area contributed by atoms with Gasteiger partial charge in [-0.05, 0) is 33.2 Å². The Bertz CT molecular complexity index is 267. The fourth-order valence-corrected chi connectivity index (χ4v) is 2.99. The topological polar surface area (TPSA) is 15.7 Å². The van der Waals surface area contributed by atoms with Crippen molar-refractivity contribution in [2.75, 3.05) is 39.4 Å². The average Bonchev–Trinajstić information content (AvgIpc) is 2.71. The zero-order valence-corrected chi connectivity index (χ0v) is 11.3. The zero-order valence-electron chi connectivity index (χ0n) is 11.3. The van der Waals surface area contributed by atoms with Gasteiger partial charge >= 0.3 is 0 Å². The first kappa shape index (κ1) is 13.1. The molecule has 2 aliphatic heterocycles. The molecular formula is C14H26N2O. The SMILES string of the molecule is C=C(C)COCCN1CC2CCCN2CC1C. The first-order valence-electron chi connectivity index (χ1n) is 6.87. The van der Waals surface area contributed by atoms with E-state index in [0.717, 1.165) is 24.8 Å². The third kappa shape index (κ3) is 3.54. The molecule has 0 bridgehead atoms. The first-order valence-corrected chi connectivity index (χ1v) is 6.87. The Morgan fingerprint density at radius 1 is 1.41 bits per heavy atom. The third-order valence-corrected chi connectivity index (χ3v) is 3.94. The largest absolute Gasteiger partial charge is 0.376 e. The van der Waals surface area contributed by atoms with Crippen molar-refractivity contribution in [3.8, 4) is 0 Å². The first-order chi connectivity index (χ1) is 8.16. The van der Waals surface area contributed by atoms with E-state index in [4.69, 9.17) is 4.74 Å². The van der Waals surface area contributed by atoms with Crippen LogP contribution in [0.5, 0.6) is 0 Å². The molecule has 0 N–H and O–H groups in total. The summed E-state index contributed by atoms with van der Waals surface area (Å²) in [6.07, 6.45) is 2.77. The lowest BCUT2D eigenvalue weighted by molar-refractivity contribution is 0.0344. The Hall–Kier alpha value is -0.380. The van der Waals surface area contributed by atoms with Crippen LogP contribution in [0.3, 0.4) is 0 Å². The standard InChI is InChI=1S/C14H26N2O/c1-12(2)11-17-8-7-15-10-14-5-4-6-16(14)9-13(15)3/h13-14H,1,4-11H2,2-3H3. The second-order valence-electron chi connectivity index (χ2n) is 5.64. The highest BCUT2D eigenvalue weighted by Gasteiger charge is 2.33. The van der Waals surface area contributed by atoms with Crippen molar-refractivity contribution >= 4 is 0 Å². The molecule has 0 amide bonds. The molecule has 0 aromatic rings. The Labute approximate surface area is 105 Å². The molecule has 0 spiro atoms. The number of piperazine rings is 1. The summed E-state index contributed by atoms with van der Waals surface area (Å²) in [4.78, 5) is 5.25. The molecule has 2 fully saturated rings. The van der Waals surface area contributed by atoms with E-state index in [9.17, 15) is 0 Å². The van der Waals surface area contributed by atoms with Gasteiger partial charge in [0.05, 0.1) is 13.2 Å². The molecule has 3 heteroatoms.